The van der Waals surface area contributed by atoms with Crippen LogP contribution in [0.2, 0.25) is 23.2 Å². The minimum absolute atomic E-state index is 0.124. The second-order valence-corrected chi connectivity index (χ2v) is 22.1. The SMILES string of the molecule is COC(=O)CCC[C@@H](/C=C/C=C\CCO[Si](C)(C)C(C)(C)C)O[Si](c1ccccc1)(c1ccccc1)C(C)(C)C. The maximum absolute atomic E-state index is 11.9. The van der Waals surface area contributed by atoms with Crippen LogP contribution in [-0.2, 0) is 18.4 Å². The summed E-state index contributed by atoms with van der Waals surface area (Å²) < 4.78 is 18.6. The molecule has 0 saturated heterocycles. The molecule has 0 spiro atoms. The molecule has 2 aromatic rings. The van der Waals surface area contributed by atoms with E-state index in [1.54, 1.807) is 0 Å². The molecule has 0 fully saturated rings. The molecule has 40 heavy (non-hydrogen) atoms. The van der Waals surface area contributed by atoms with Crippen molar-refractivity contribution < 1.29 is 18.4 Å². The Bertz CT molecular complexity index is 1040. The molecule has 2 rings (SSSR count). The molecule has 2 aromatic carbocycles. The molecular formula is C34H52O4Si2. The predicted octanol–water partition coefficient (Wildman–Crippen LogP) is 7.80. The first kappa shape index (κ1) is 33.9. The second-order valence-electron chi connectivity index (χ2n) is 13.0. The number of esters is 1. The lowest BCUT2D eigenvalue weighted by atomic mass is 10.1. The van der Waals surface area contributed by atoms with Gasteiger partial charge in [-0.25, -0.2) is 0 Å². The van der Waals surface area contributed by atoms with Gasteiger partial charge in [0, 0.05) is 13.0 Å². The van der Waals surface area contributed by atoms with Crippen molar-refractivity contribution in [1.82, 2.24) is 0 Å². The molecule has 0 N–H and O–H groups in total. The molecule has 0 bridgehead atoms. The van der Waals surface area contributed by atoms with Crippen molar-refractivity contribution in [3.8, 4) is 0 Å². The average molecular weight is 581 g/mol. The molecule has 0 unspecified atom stereocenters. The summed E-state index contributed by atoms with van der Waals surface area (Å²) in [6.45, 7) is 19.0. The first-order valence-electron chi connectivity index (χ1n) is 14.6. The van der Waals surface area contributed by atoms with Crippen LogP contribution in [0.1, 0.15) is 67.2 Å². The standard InChI is InChI=1S/C34H52O4Si2/c1-33(2,3)39(8,9)37-28-19-11-10-14-21-29(22-20-27-32(35)36-7)38-40(34(4,5)6,30-23-15-12-16-24-30)31-25-17-13-18-26-31/h10-18,21,23-26,29H,19-20,22,27-28H2,1-9H3/b11-10-,21-14+/t29-/m1/s1. The fourth-order valence-electron chi connectivity index (χ4n) is 4.62. The Hall–Kier alpha value is -2.26. The predicted molar refractivity (Wildman–Crippen MR) is 174 cm³/mol. The van der Waals surface area contributed by atoms with Gasteiger partial charge >= 0.3 is 5.97 Å². The van der Waals surface area contributed by atoms with Crippen molar-refractivity contribution in [2.24, 2.45) is 0 Å². The first-order valence-corrected chi connectivity index (χ1v) is 19.4. The fraction of sp³-hybridized carbons (Fsp3) is 0.500. The average Bonchev–Trinajstić information content (AvgIpc) is 2.90. The van der Waals surface area contributed by atoms with Crippen LogP contribution in [0.3, 0.4) is 0 Å². The van der Waals surface area contributed by atoms with E-state index < -0.39 is 16.6 Å². The lowest BCUT2D eigenvalue weighted by Gasteiger charge is -2.44. The normalized spacial score (nSPS) is 14.1. The van der Waals surface area contributed by atoms with E-state index in [-0.39, 0.29) is 22.1 Å². The lowest BCUT2D eigenvalue weighted by Crippen LogP contribution is -2.67. The van der Waals surface area contributed by atoms with Crippen LogP contribution >= 0.6 is 0 Å². The highest BCUT2D eigenvalue weighted by atomic mass is 28.4. The van der Waals surface area contributed by atoms with Crippen molar-refractivity contribution in [3.63, 3.8) is 0 Å². The number of carbonyl (C=O) groups is 1. The molecule has 0 aliphatic carbocycles. The van der Waals surface area contributed by atoms with Crippen molar-refractivity contribution in [1.29, 1.82) is 0 Å². The molecule has 0 amide bonds. The zero-order valence-corrected chi connectivity index (χ0v) is 28.3. The molecule has 0 aliphatic rings. The molecule has 0 heterocycles. The van der Waals surface area contributed by atoms with Crippen LogP contribution < -0.4 is 10.4 Å². The summed E-state index contributed by atoms with van der Waals surface area (Å²) >= 11 is 0. The van der Waals surface area contributed by atoms with Gasteiger partial charge in [-0.2, -0.15) is 0 Å². The third-order valence-corrected chi connectivity index (χ3v) is 17.6. The number of rotatable bonds is 14. The summed E-state index contributed by atoms with van der Waals surface area (Å²) in [5, 5.41) is 2.59. The van der Waals surface area contributed by atoms with E-state index in [1.165, 1.54) is 17.5 Å². The van der Waals surface area contributed by atoms with E-state index in [4.69, 9.17) is 13.6 Å². The minimum Gasteiger partial charge on any atom is -0.469 e. The van der Waals surface area contributed by atoms with Gasteiger partial charge in [0.25, 0.3) is 8.32 Å². The van der Waals surface area contributed by atoms with E-state index >= 15 is 0 Å². The van der Waals surface area contributed by atoms with Gasteiger partial charge in [0.1, 0.15) is 0 Å². The molecule has 0 radical (unpaired) electrons. The van der Waals surface area contributed by atoms with Crippen LogP contribution in [0.4, 0.5) is 0 Å². The van der Waals surface area contributed by atoms with Gasteiger partial charge in [0.2, 0.25) is 0 Å². The molecule has 6 heteroatoms. The molecule has 4 nitrogen and oxygen atoms in total. The van der Waals surface area contributed by atoms with Gasteiger partial charge < -0.3 is 13.6 Å². The van der Waals surface area contributed by atoms with Crippen molar-refractivity contribution in [2.45, 2.75) is 96.5 Å². The van der Waals surface area contributed by atoms with Gasteiger partial charge in [0.05, 0.1) is 13.2 Å². The van der Waals surface area contributed by atoms with Crippen LogP contribution in [-0.4, -0.2) is 42.4 Å². The molecule has 1 atom stereocenters. The summed E-state index contributed by atoms with van der Waals surface area (Å²) in [6, 6.07) is 21.4. The van der Waals surface area contributed by atoms with Crippen molar-refractivity contribution >= 4 is 33.0 Å². The Kier molecular flexibility index (Phi) is 12.8. The Morgan fingerprint density at radius 1 is 0.850 bits per heavy atom. The fourth-order valence-corrected chi connectivity index (χ4v) is 10.4. The van der Waals surface area contributed by atoms with Gasteiger partial charge in [0.15, 0.2) is 8.32 Å². The van der Waals surface area contributed by atoms with Crippen molar-refractivity contribution in [3.05, 3.63) is 85.0 Å². The summed E-state index contributed by atoms with van der Waals surface area (Å²) in [6.07, 6.45) is 11.0. The molecular weight excluding hydrogens is 529 g/mol. The number of hydrogen-bond donors (Lipinski definition) is 0. The number of ether oxygens (including phenoxy) is 1. The second kappa shape index (κ2) is 15.1. The Labute approximate surface area is 246 Å². The lowest BCUT2D eigenvalue weighted by molar-refractivity contribution is -0.140. The van der Waals surface area contributed by atoms with Crippen LogP contribution in [0.5, 0.6) is 0 Å². The van der Waals surface area contributed by atoms with Gasteiger partial charge in [-0.05, 0) is 52.8 Å². The zero-order chi connectivity index (χ0) is 29.9. The molecule has 220 valence electrons. The van der Waals surface area contributed by atoms with Crippen LogP contribution in [0, 0.1) is 0 Å². The maximum Gasteiger partial charge on any atom is 0.305 e. The molecule has 0 aliphatic heterocycles. The third-order valence-electron chi connectivity index (χ3n) is 7.97. The summed E-state index contributed by atoms with van der Waals surface area (Å²) in [7, 11) is -3.02. The summed E-state index contributed by atoms with van der Waals surface area (Å²) in [4.78, 5) is 11.9. The first-order chi connectivity index (χ1) is 18.7. The molecule has 0 aromatic heterocycles. The molecule has 0 saturated carbocycles. The van der Waals surface area contributed by atoms with E-state index in [1.807, 2.05) is 0 Å². The minimum atomic E-state index is -2.72. The summed E-state index contributed by atoms with van der Waals surface area (Å²) in [5.74, 6) is -0.185. The number of benzene rings is 2. The Morgan fingerprint density at radius 3 is 1.88 bits per heavy atom. The Morgan fingerprint density at radius 2 is 1.40 bits per heavy atom. The summed E-state index contributed by atoms with van der Waals surface area (Å²) in [5.41, 5.74) is 0. The monoisotopic (exact) mass is 580 g/mol. The number of carbonyl (C=O) groups excluding carboxylic acids is 1. The van der Waals surface area contributed by atoms with Crippen LogP contribution in [0.25, 0.3) is 0 Å². The van der Waals surface area contributed by atoms with E-state index in [0.717, 1.165) is 19.4 Å². The Balaban J connectivity index is 2.33. The largest absolute Gasteiger partial charge is 0.469 e. The van der Waals surface area contributed by atoms with E-state index in [0.29, 0.717) is 12.8 Å². The maximum atomic E-state index is 11.9. The quantitative estimate of drug-likeness (QED) is 0.0990. The number of allylic oxidation sites excluding steroid dienone is 2. The van der Waals surface area contributed by atoms with Gasteiger partial charge in [-0.1, -0.05) is 127 Å². The van der Waals surface area contributed by atoms with Gasteiger partial charge in [-0.15, -0.1) is 0 Å². The van der Waals surface area contributed by atoms with E-state index in [9.17, 15) is 4.79 Å². The zero-order valence-electron chi connectivity index (χ0n) is 26.3. The van der Waals surface area contributed by atoms with Gasteiger partial charge in [-0.3, -0.25) is 4.79 Å². The number of hydrogen-bond acceptors (Lipinski definition) is 4. The smallest absolute Gasteiger partial charge is 0.305 e. The van der Waals surface area contributed by atoms with E-state index in [2.05, 4.69) is 140 Å². The number of methoxy groups -OCH3 is 1. The topological polar surface area (TPSA) is 44.8 Å². The highest BCUT2D eigenvalue weighted by molar-refractivity contribution is 6.99. The highest BCUT2D eigenvalue weighted by Gasteiger charge is 2.51. The van der Waals surface area contributed by atoms with Crippen LogP contribution in [0.15, 0.2) is 85.0 Å². The third kappa shape index (κ3) is 9.40. The van der Waals surface area contributed by atoms with Crippen molar-refractivity contribution in [2.75, 3.05) is 13.7 Å². The highest BCUT2D eigenvalue weighted by Crippen LogP contribution is 2.38.